The van der Waals surface area contributed by atoms with Crippen molar-refractivity contribution in [1.29, 1.82) is 0 Å². The van der Waals surface area contributed by atoms with E-state index in [-0.39, 0.29) is 0 Å². The van der Waals surface area contributed by atoms with Crippen molar-refractivity contribution in [3.05, 3.63) is 23.8 Å². The highest BCUT2D eigenvalue weighted by Crippen LogP contribution is 2.18. The van der Waals surface area contributed by atoms with Crippen molar-refractivity contribution in [3.8, 4) is 0 Å². The summed E-state index contributed by atoms with van der Waals surface area (Å²) in [5.41, 5.74) is 1.58. The number of allylic oxidation sites excluding steroid dienone is 4. The molecule has 0 aromatic heterocycles. The summed E-state index contributed by atoms with van der Waals surface area (Å²) in [5, 5.41) is 0. The second kappa shape index (κ2) is 18.2. The van der Waals surface area contributed by atoms with Gasteiger partial charge in [0.05, 0.1) is 0 Å². The van der Waals surface area contributed by atoms with E-state index < -0.39 is 0 Å². The van der Waals surface area contributed by atoms with E-state index in [0.717, 1.165) is 13.2 Å². The van der Waals surface area contributed by atoms with Crippen molar-refractivity contribution in [1.82, 2.24) is 0 Å². The molecule has 0 aromatic carbocycles. The van der Waals surface area contributed by atoms with E-state index in [1.807, 2.05) is 0 Å². The first-order valence-corrected chi connectivity index (χ1v) is 11.4. The first kappa shape index (κ1) is 22.5. The molecule has 0 aromatic rings. The molecule has 0 N–H and O–H groups in total. The maximum absolute atomic E-state index is 5.60. The van der Waals surface area contributed by atoms with E-state index in [9.17, 15) is 0 Å². The highest BCUT2D eigenvalue weighted by Gasteiger charge is 1.98. The van der Waals surface area contributed by atoms with Crippen LogP contribution in [-0.4, -0.2) is 13.2 Å². The summed E-state index contributed by atoms with van der Waals surface area (Å²) in [6.45, 7) is 4.16. The molecule has 0 amide bonds. The Balaban J connectivity index is 1.68. The summed E-state index contributed by atoms with van der Waals surface area (Å²) in [4.78, 5) is 0. The number of unbranched alkanes of at least 4 members (excludes halogenated alkanes) is 12. The minimum atomic E-state index is 0.964. The third-order valence-corrected chi connectivity index (χ3v) is 5.22. The fourth-order valence-corrected chi connectivity index (χ4v) is 3.50. The fraction of sp³-hybridized carbons (Fsp3) is 0.833. The molecule has 0 saturated heterocycles. The molecule has 25 heavy (non-hydrogen) atoms. The van der Waals surface area contributed by atoms with Crippen LogP contribution in [0, 0.1) is 0 Å². The van der Waals surface area contributed by atoms with Gasteiger partial charge in [-0.3, -0.25) is 0 Å². The molecule has 0 bridgehead atoms. The van der Waals surface area contributed by atoms with Gasteiger partial charge >= 0.3 is 0 Å². The standard InChI is InChI=1S/C24H44O/c1-2-3-22-25-23-18-13-11-9-7-5-4-6-8-10-12-15-19-24-20-16-14-17-21-24/h16,20-21H,2-15,17-19,22-23H2,1H3. The van der Waals surface area contributed by atoms with Crippen LogP contribution in [0.2, 0.25) is 0 Å². The molecule has 1 heteroatoms. The van der Waals surface area contributed by atoms with Crippen molar-refractivity contribution in [2.75, 3.05) is 13.2 Å². The molecule has 0 heterocycles. The van der Waals surface area contributed by atoms with Crippen LogP contribution in [-0.2, 0) is 4.74 Å². The van der Waals surface area contributed by atoms with Gasteiger partial charge in [-0.25, -0.2) is 0 Å². The van der Waals surface area contributed by atoms with Gasteiger partial charge in [-0.15, -0.1) is 0 Å². The zero-order valence-corrected chi connectivity index (χ0v) is 17.1. The third-order valence-electron chi connectivity index (χ3n) is 5.22. The molecule has 0 radical (unpaired) electrons. The predicted molar refractivity (Wildman–Crippen MR) is 112 cm³/mol. The smallest absolute Gasteiger partial charge is 0.0466 e. The Labute approximate surface area is 158 Å². The molecule has 146 valence electrons. The molecule has 0 fully saturated rings. The summed E-state index contributed by atoms with van der Waals surface area (Å²) in [6, 6.07) is 0. The van der Waals surface area contributed by atoms with Gasteiger partial charge < -0.3 is 4.74 Å². The van der Waals surface area contributed by atoms with Crippen molar-refractivity contribution >= 4 is 0 Å². The average Bonchev–Trinajstić information content (AvgIpc) is 2.65. The van der Waals surface area contributed by atoms with E-state index in [2.05, 4.69) is 25.2 Å². The highest BCUT2D eigenvalue weighted by atomic mass is 16.5. The lowest BCUT2D eigenvalue weighted by Gasteiger charge is -2.07. The van der Waals surface area contributed by atoms with Crippen molar-refractivity contribution in [3.63, 3.8) is 0 Å². The van der Waals surface area contributed by atoms with Crippen LogP contribution in [0.15, 0.2) is 23.8 Å². The number of rotatable bonds is 18. The lowest BCUT2D eigenvalue weighted by Crippen LogP contribution is -1.96. The molecular formula is C24H44O. The van der Waals surface area contributed by atoms with Crippen LogP contribution < -0.4 is 0 Å². The number of hydrogen-bond donors (Lipinski definition) is 0. The Morgan fingerprint density at radius 3 is 1.80 bits per heavy atom. The summed E-state index contributed by atoms with van der Waals surface area (Å²) >= 11 is 0. The third kappa shape index (κ3) is 15.4. The number of ether oxygens (including phenoxy) is 1. The normalized spacial score (nSPS) is 14.0. The summed E-state index contributed by atoms with van der Waals surface area (Å²) in [5.74, 6) is 0. The fourth-order valence-electron chi connectivity index (χ4n) is 3.50. The molecule has 0 aliphatic heterocycles. The first-order valence-electron chi connectivity index (χ1n) is 11.4. The van der Waals surface area contributed by atoms with Gasteiger partial charge in [0.2, 0.25) is 0 Å². The molecule has 1 nitrogen and oxygen atoms in total. The monoisotopic (exact) mass is 348 g/mol. The molecule has 1 aliphatic carbocycles. The van der Waals surface area contributed by atoms with E-state index in [0.29, 0.717) is 0 Å². The summed E-state index contributed by atoms with van der Waals surface area (Å²) in [6.07, 6.45) is 30.3. The summed E-state index contributed by atoms with van der Waals surface area (Å²) in [7, 11) is 0. The Kier molecular flexibility index (Phi) is 16.4. The van der Waals surface area contributed by atoms with Crippen LogP contribution in [0.4, 0.5) is 0 Å². The molecular weight excluding hydrogens is 304 g/mol. The van der Waals surface area contributed by atoms with Gasteiger partial charge in [-0.1, -0.05) is 101 Å². The molecule has 1 aliphatic rings. The van der Waals surface area contributed by atoms with Crippen LogP contribution in [0.25, 0.3) is 0 Å². The quantitative estimate of drug-likeness (QED) is 0.227. The zero-order valence-electron chi connectivity index (χ0n) is 17.1. The van der Waals surface area contributed by atoms with Gasteiger partial charge in [0, 0.05) is 13.2 Å². The highest BCUT2D eigenvalue weighted by molar-refractivity contribution is 5.21. The lowest BCUT2D eigenvalue weighted by molar-refractivity contribution is 0.127. The number of hydrogen-bond acceptors (Lipinski definition) is 1. The van der Waals surface area contributed by atoms with Crippen LogP contribution in [0.5, 0.6) is 0 Å². The lowest BCUT2D eigenvalue weighted by atomic mass is 10.00. The van der Waals surface area contributed by atoms with Gasteiger partial charge in [0.15, 0.2) is 0 Å². The van der Waals surface area contributed by atoms with E-state index >= 15 is 0 Å². The maximum atomic E-state index is 5.60. The van der Waals surface area contributed by atoms with Gasteiger partial charge in [0.1, 0.15) is 0 Å². The molecule has 1 rings (SSSR count). The second-order valence-corrected chi connectivity index (χ2v) is 7.72. The van der Waals surface area contributed by atoms with Crippen molar-refractivity contribution in [2.24, 2.45) is 0 Å². The molecule has 0 spiro atoms. The predicted octanol–water partition coefficient (Wildman–Crippen LogP) is 8.15. The van der Waals surface area contributed by atoms with Crippen LogP contribution >= 0.6 is 0 Å². The van der Waals surface area contributed by atoms with E-state index in [4.69, 9.17) is 4.74 Å². The van der Waals surface area contributed by atoms with Crippen LogP contribution in [0.1, 0.15) is 116 Å². The Morgan fingerprint density at radius 2 is 1.24 bits per heavy atom. The average molecular weight is 349 g/mol. The first-order chi connectivity index (χ1) is 12.4. The second-order valence-electron chi connectivity index (χ2n) is 7.72. The van der Waals surface area contributed by atoms with E-state index in [1.165, 1.54) is 109 Å². The Morgan fingerprint density at radius 1 is 0.680 bits per heavy atom. The Bertz CT molecular complexity index is 329. The molecule has 0 saturated carbocycles. The van der Waals surface area contributed by atoms with Gasteiger partial charge in [0.25, 0.3) is 0 Å². The topological polar surface area (TPSA) is 9.23 Å². The van der Waals surface area contributed by atoms with Crippen molar-refractivity contribution in [2.45, 2.75) is 116 Å². The van der Waals surface area contributed by atoms with Crippen molar-refractivity contribution < 1.29 is 4.74 Å². The molecule has 0 atom stereocenters. The largest absolute Gasteiger partial charge is 0.381 e. The van der Waals surface area contributed by atoms with Crippen LogP contribution in [0.3, 0.4) is 0 Å². The molecule has 0 unspecified atom stereocenters. The zero-order chi connectivity index (χ0) is 17.8. The summed E-state index contributed by atoms with van der Waals surface area (Å²) < 4.78 is 5.60. The Hall–Kier alpha value is -0.560. The van der Waals surface area contributed by atoms with Gasteiger partial charge in [-0.05, 0) is 38.5 Å². The maximum Gasteiger partial charge on any atom is 0.0466 e. The van der Waals surface area contributed by atoms with E-state index in [1.54, 1.807) is 5.57 Å². The van der Waals surface area contributed by atoms with Gasteiger partial charge in [-0.2, -0.15) is 0 Å². The minimum absolute atomic E-state index is 0.964. The minimum Gasteiger partial charge on any atom is -0.381 e. The SMILES string of the molecule is CCCCOCCCCCCCCCCCCCCC1=CCCC=C1.